The minimum Gasteiger partial charge on any atom is -0.494 e. The average Bonchev–Trinajstić information content (AvgIpc) is 3.29. The lowest BCUT2D eigenvalue weighted by molar-refractivity contribution is 0.0937. The van der Waals surface area contributed by atoms with Crippen LogP contribution in [-0.2, 0) is 0 Å². The van der Waals surface area contributed by atoms with Crippen molar-refractivity contribution in [2.75, 3.05) is 40.5 Å². The van der Waals surface area contributed by atoms with E-state index in [0.717, 1.165) is 18.8 Å². The van der Waals surface area contributed by atoms with Crippen LogP contribution in [0, 0.1) is 0 Å². The summed E-state index contributed by atoms with van der Waals surface area (Å²) in [6.07, 6.45) is 2.38. The Kier molecular flexibility index (Phi) is 7.36. The van der Waals surface area contributed by atoms with Crippen LogP contribution < -0.4 is 19.5 Å². The normalized spacial score (nSPS) is 15.0. The lowest BCUT2D eigenvalue weighted by Gasteiger charge is -2.28. The van der Waals surface area contributed by atoms with Gasteiger partial charge in [0.05, 0.1) is 26.9 Å². The van der Waals surface area contributed by atoms with E-state index in [0.29, 0.717) is 30.2 Å². The summed E-state index contributed by atoms with van der Waals surface area (Å²) in [6.45, 7) is 5.26. The number of hydrogen-bond donors (Lipinski definition) is 1. The second-order valence-corrected chi connectivity index (χ2v) is 7.04. The van der Waals surface area contributed by atoms with Crippen LogP contribution in [0.4, 0.5) is 0 Å². The first kappa shape index (κ1) is 21.0. The second kappa shape index (κ2) is 10.2. The Balaban J connectivity index is 1.72. The largest absolute Gasteiger partial charge is 0.494 e. The van der Waals surface area contributed by atoms with Crippen molar-refractivity contribution >= 4 is 5.91 Å². The molecule has 156 valence electrons. The van der Waals surface area contributed by atoms with Crippen molar-refractivity contribution < 1.29 is 19.0 Å². The highest BCUT2D eigenvalue weighted by atomic mass is 16.5. The minimum atomic E-state index is -0.124. The van der Waals surface area contributed by atoms with E-state index in [1.54, 1.807) is 32.4 Å². The zero-order chi connectivity index (χ0) is 20.6. The van der Waals surface area contributed by atoms with Crippen molar-refractivity contribution in [3.8, 4) is 17.2 Å². The third kappa shape index (κ3) is 5.21. The summed E-state index contributed by atoms with van der Waals surface area (Å²) in [6, 6.07) is 13.5. The Morgan fingerprint density at radius 2 is 1.72 bits per heavy atom. The molecule has 1 fully saturated rings. The molecule has 2 aromatic carbocycles. The highest BCUT2D eigenvalue weighted by Crippen LogP contribution is 2.28. The Hall–Kier alpha value is -2.73. The molecule has 0 bridgehead atoms. The molecule has 6 nitrogen and oxygen atoms in total. The Labute approximate surface area is 172 Å². The van der Waals surface area contributed by atoms with E-state index in [-0.39, 0.29) is 11.9 Å². The number of amides is 1. The van der Waals surface area contributed by atoms with Gasteiger partial charge in [0.15, 0.2) is 11.5 Å². The average molecular weight is 399 g/mol. The molecule has 29 heavy (non-hydrogen) atoms. The van der Waals surface area contributed by atoms with Crippen LogP contribution in [0.1, 0.15) is 41.7 Å². The van der Waals surface area contributed by atoms with Crippen LogP contribution in [0.5, 0.6) is 17.2 Å². The topological polar surface area (TPSA) is 60.0 Å². The number of benzene rings is 2. The molecule has 0 aromatic heterocycles. The van der Waals surface area contributed by atoms with Crippen molar-refractivity contribution in [2.45, 2.75) is 25.8 Å². The molecule has 0 radical (unpaired) electrons. The van der Waals surface area contributed by atoms with Gasteiger partial charge in [-0.2, -0.15) is 0 Å². The van der Waals surface area contributed by atoms with Gasteiger partial charge in [-0.15, -0.1) is 0 Å². The van der Waals surface area contributed by atoms with Crippen LogP contribution in [0.15, 0.2) is 42.5 Å². The third-order valence-corrected chi connectivity index (χ3v) is 5.26. The van der Waals surface area contributed by atoms with E-state index in [9.17, 15) is 4.79 Å². The van der Waals surface area contributed by atoms with Crippen molar-refractivity contribution in [3.63, 3.8) is 0 Å². The number of likely N-dealkylation sites (tertiary alicyclic amines) is 1. The van der Waals surface area contributed by atoms with E-state index < -0.39 is 0 Å². The molecule has 0 saturated carbocycles. The Morgan fingerprint density at radius 1 is 1.03 bits per heavy atom. The SMILES string of the molecule is CCOc1ccc(C(CNC(=O)c2ccc(OC)c(OC)c2)N2CCCC2)cc1. The number of ether oxygens (including phenoxy) is 3. The number of carbonyl (C=O) groups excluding carboxylic acids is 1. The number of nitrogens with one attached hydrogen (secondary N) is 1. The van der Waals surface area contributed by atoms with Crippen LogP contribution in [0.25, 0.3) is 0 Å². The summed E-state index contributed by atoms with van der Waals surface area (Å²) in [4.78, 5) is 15.2. The first-order chi connectivity index (χ1) is 14.2. The van der Waals surface area contributed by atoms with Gasteiger partial charge >= 0.3 is 0 Å². The number of hydrogen-bond acceptors (Lipinski definition) is 5. The summed E-state index contributed by atoms with van der Waals surface area (Å²) in [7, 11) is 3.14. The quantitative estimate of drug-likeness (QED) is 0.698. The molecule has 6 heteroatoms. The molecule has 1 aliphatic rings. The van der Waals surface area contributed by atoms with Crippen molar-refractivity contribution in [1.29, 1.82) is 0 Å². The first-order valence-corrected chi connectivity index (χ1v) is 10.1. The molecule has 1 aliphatic heterocycles. The monoisotopic (exact) mass is 398 g/mol. The summed E-state index contributed by atoms with van der Waals surface area (Å²) in [5.41, 5.74) is 1.73. The van der Waals surface area contributed by atoms with Crippen LogP contribution in [0.3, 0.4) is 0 Å². The highest BCUT2D eigenvalue weighted by Gasteiger charge is 2.24. The maximum atomic E-state index is 12.8. The van der Waals surface area contributed by atoms with Crippen molar-refractivity contribution in [1.82, 2.24) is 10.2 Å². The van der Waals surface area contributed by atoms with Crippen molar-refractivity contribution in [2.24, 2.45) is 0 Å². The molecule has 1 amide bonds. The summed E-state index contributed by atoms with van der Waals surface area (Å²) in [5.74, 6) is 1.89. The predicted octanol–water partition coefficient (Wildman–Crippen LogP) is 3.67. The smallest absolute Gasteiger partial charge is 0.251 e. The molecule has 1 unspecified atom stereocenters. The number of nitrogens with zero attached hydrogens (tertiary/aromatic N) is 1. The van der Waals surface area contributed by atoms with Crippen molar-refractivity contribution in [3.05, 3.63) is 53.6 Å². The molecule has 2 aromatic rings. The molecule has 1 heterocycles. The predicted molar refractivity (Wildman–Crippen MR) is 113 cm³/mol. The van der Waals surface area contributed by atoms with Gasteiger partial charge in [0.2, 0.25) is 0 Å². The summed E-state index contributed by atoms with van der Waals surface area (Å²) < 4.78 is 16.1. The lowest BCUT2D eigenvalue weighted by Crippen LogP contribution is -2.36. The highest BCUT2D eigenvalue weighted by molar-refractivity contribution is 5.94. The lowest BCUT2D eigenvalue weighted by atomic mass is 10.0. The molecule has 0 aliphatic carbocycles. The van der Waals surface area contributed by atoms with Gasteiger partial charge in [0.25, 0.3) is 5.91 Å². The van der Waals surface area contributed by atoms with E-state index in [1.165, 1.54) is 18.4 Å². The first-order valence-electron chi connectivity index (χ1n) is 10.1. The van der Waals surface area contributed by atoms with Gasteiger partial charge in [-0.05, 0) is 68.8 Å². The maximum absolute atomic E-state index is 12.8. The molecule has 1 N–H and O–H groups in total. The molecule has 1 saturated heterocycles. The molecule has 1 atom stereocenters. The van der Waals surface area contributed by atoms with E-state index in [1.807, 2.05) is 19.1 Å². The van der Waals surface area contributed by atoms with Crippen LogP contribution >= 0.6 is 0 Å². The number of methoxy groups -OCH3 is 2. The molecule has 3 rings (SSSR count). The fraction of sp³-hybridized carbons (Fsp3) is 0.435. The van der Waals surface area contributed by atoms with E-state index >= 15 is 0 Å². The zero-order valence-electron chi connectivity index (χ0n) is 17.4. The van der Waals surface area contributed by atoms with Gasteiger partial charge in [-0.3, -0.25) is 9.69 Å². The van der Waals surface area contributed by atoms with Gasteiger partial charge in [0.1, 0.15) is 5.75 Å². The van der Waals surface area contributed by atoms with E-state index in [4.69, 9.17) is 14.2 Å². The van der Waals surface area contributed by atoms with Gasteiger partial charge in [-0.25, -0.2) is 0 Å². The Morgan fingerprint density at radius 3 is 2.34 bits per heavy atom. The molecular formula is C23H30N2O4. The summed E-state index contributed by atoms with van der Waals surface area (Å²) in [5, 5.41) is 3.09. The minimum absolute atomic E-state index is 0.124. The Bertz CT molecular complexity index is 801. The second-order valence-electron chi connectivity index (χ2n) is 7.04. The molecular weight excluding hydrogens is 368 g/mol. The van der Waals surface area contributed by atoms with Gasteiger partial charge < -0.3 is 19.5 Å². The van der Waals surface area contributed by atoms with E-state index in [2.05, 4.69) is 22.3 Å². The van der Waals surface area contributed by atoms with Crippen LogP contribution in [0.2, 0.25) is 0 Å². The fourth-order valence-corrected chi connectivity index (χ4v) is 3.73. The van der Waals surface area contributed by atoms with Gasteiger partial charge in [0, 0.05) is 12.1 Å². The van der Waals surface area contributed by atoms with Crippen LogP contribution in [-0.4, -0.2) is 51.3 Å². The zero-order valence-corrected chi connectivity index (χ0v) is 17.4. The third-order valence-electron chi connectivity index (χ3n) is 5.26. The number of rotatable bonds is 9. The fourth-order valence-electron chi connectivity index (χ4n) is 3.73. The van der Waals surface area contributed by atoms with Gasteiger partial charge in [-0.1, -0.05) is 12.1 Å². The number of carbonyl (C=O) groups is 1. The molecule has 0 spiro atoms. The summed E-state index contributed by atoms with van der Waals surface area (Å²) >= 11 is 0. The standard InChI is InChI=1S/C23H30N2O4/c1-4-29-19-10-7-17(8-11-19)20(25-13-5-6-14-25)16-24-23(26)18-9-12-21(27-2)22(15-18)28-3/h7-12,15,20H,4-6,13-14,16H2,1-3H3,(H,24,26). The maximum Gasteiger partial charge on any atom is 0.251 e.